The molecule has 0 saturated carbocycles. The lowest BCUT2D eigenvalue weighted by atomic mass is 10.2. The highest BCUT2D eigenvalue weighted by molar-refractivity contribution is 9.10. The Morgan fingerprint density at radius 1 is 1.18 bits per heavy atom. The first-order chi connectivity index (χ1) is 16.1. The first-order valence-corrected chi connectivity index (χ1v) is 12.0. The van der Waals surface area contributed by atoms with Gasteiger partial charge in [0.1, 0.15) is 12.3 Å². The molecule has 0 unspecified atom stereocenters. The van der Waals surface area contributed by atoms with Crippen molar-refractivity contribution >= 4 is 62.5 Å². The number of halogens is 1. The minimum Gasteiger partial charge on any atom is -0.483 e. The van der Waals surface area contributed by atoms with Gasteiger partial charge in [0.2, 0.25) is 0 Å². The zero-order chi connectivity index (χ0) is 24.8. The Kier molecular flexibility index (Phi) is 8.51. The van der Waals surface area contributed by atoms with Crippen LogP contribution in [0.5, 0.6) is 5.75 Å². The number of carbonyl (C=O) groups is 4. The first-order valence-electron chi connectivity index (χ1n) is 10.4. The highest BCUT2D eigenvalue weighted by Gasteiger charge is 2.37. The molecule has 178 valence electrons. The third-order valence-corrected chi connectivity index (χ3v) is 5.85. The summed E-state index contributed by atoms with van der Waals surface area (Å²) < 4.78 is 11.4. The molecule has 0 radical (unpaired) electrons. The predicted octanol–water partition coefficient (Wildman–Crippen LogP) is 4.76. The van der Waals surface area contributed by atoms with Crippen molar-refractivity contribution in [3.8, 4) is 5.75 Å². The van der Waals surface area contributed by atoms with Crippen LogP contribution < -0.4 is 10.1 Å². The molecule has 3 rings (SSSR count). The molecular weight excluding hydrogens is 524 g/mol. The van der Waals surface area contributed by atoms with E-state index in [1.807, 2.05) is 25.1 Å². The number of hydrogen-bond donors (Lipinski definition) is 1. The minimum atomic E-state index is -0.662. The van der Waals surface area contributed by atoms with Crippen molar-refractivity contribution in [2.75, 3.05) is 18.5 Å². The van der Waals surface area contributed by atoms with Gasteiger partial charge < -0.3 is 14.8 Å². The molecule has 0 bridgehead atoms. The van der Waals surface area contributed by atoms with Gasteiger partial charge in [-0.15, -0.1) is 0 Å². The average molecular weight is 547 g/mol. The van der Waals surface area contributed by atoms with Crippen molar-refractivity contribution in [3.05, 3.63) is 63.0 Å². The SMILES string of the molecule is Cc1cccc(NC(=O)COc2ccc(Br)cc2/C=C2\SC(=O)N(CC(=O)OC(C)C)C2=O)c1. The minimum absolute atomic E-state index is 0.134. The van der Waals surface area contributed by atoms with Crippen LogP contribution in [-0.2, 0) is 19.1 Å². The summed E-state index contributed by atoms with van der Waals surface area (Å²) in [6, 6.07) is 12.5. The average Bonchev–Trinajstić information content (AvgIpc) is 3.00. The summed E-state index contributed by atoms with van der Waals surface area (Å²) >= 11 is 4.10. The molecule has 1 aliphatic rings. The van der Waals surface area contributed by atoms with Gasteiger partial charge in [0.25, 0.3) is 17.1 Å². The fourth-order valence-corrected chi connectivity index (χ4v) is 4.24. The van der Waals surface area contributed by atoms with Crippen LogP contribution in [0.25, 0.3) is 6.08 Å². The van der Waals surface area contributed by atoms with Crippen LogP contribution in [0.3, 0.4) is 0 Å². The lowest BCUT2D eigenvalue weighted by Crippen LogP contribution is -2.35. The number of rotatable bonds is 8. The van der Waals surface area contributed by atoms with E-state index >= 15 is 0 Å². The van der Waals surface area contributed by atoms with E-state index in [0.717, 1.165) is 26.7 Å². The van der Waals surface area contributed by atoms with Crippen LogP contribution in [0.1, 0.15) is 25.0 Å². The summed E-state index contributed by atoms with van der Waals surface area (Å²) in [6.45, 7) is 4.58. The van der Waals surface area contributed by atoms with Crippen LogP contribution in [0.15, 0.2) is 51.8 Å². The summed E-state index contributed by atoms with van der Waals surface area (Å²) in [7, 11) is 0. The van der Waals surface area contributed by atoms with Crippen LogP contribution >= 0.6 is 27.7 Å². The Bertz CT molecular complexity index is 1160. The zero-order valence-electron chi connectivity index (χ0n) is 18.8. The van der Waals surface area contributed by atoms with E-state index in [-0.39, 0.29) is 23.5 Å². The van der Waals surface area contributed by atoms with Gasteiger partial charge in [0, 0.05) is 15.7 Å². The molecule has 0 aliphatic carbocycles. The topological polar surface area (TPSA) is 102 Å². The Labute approximate surface area is 209 Å². The molecular formula is C24H23BrN2O6S. The number of benzene rings is 2. The molecule has 0 spiro atoms. The normalized spacial score (nSPS) is 14.6. The Hall–Kier alpha value is -3.11. The van der Waals surface area contributed by atoms with Crippen LogP contribution in [0.4, 0.5) is 10.5 Å². The zero-order valence-corrected chi connectivity index (χ0v) is 21.2. The van der Waals surface area contributed by atoms with E-state index in [9.17, 15) is 19.2 Å². The van der Waals surface area contributed by atoms with Gasteiger partial charge in [-0.25, -0.2) is 0 Å². The van der Waals surface area contributed by atoms with Gasteiger partial charge in [-0.3, -0.25) is 24.1 Å². The maximum Gasteiger partial charge on any atom is 0.326 e. The molecule has 0 aromatic heterocycles. The van der Waals surface area contributed by atoms with Crippen molar-refractivity contribution in [1.29, 1.82) is 0 Å². The lowest BCUT2D eigenvalue weighted by molar-refractivity contribution is -0.149. The maximum absolute atomic E-state index is 12.7. The number of esters is 1. The molecule has 1 aliphatic heterocycles. The van der Waals surface area contributed by atoms with Gasteiger partial charge in [0.05, 0.1) is 11.0 Å². The maximum atomic E-state index is 12.7. The second-order valence-corrected chi connectivity index (χ2v) is 9.60. The number of aryl methyl sites for hydroxylation is 1. The van der Waals surface area contributed by atoms with E-state index in [0.29, 0.717) is 17.0 Å². The third kappa shape index (κ3) is 6.94. The third-order valence-electron chi connectivity index (χ3n) is 4.45. The molecule has 1 N–H and O–H groups in total. The molecule has 34 heavy (non-hydrogen) atoms. The fourth-order valence-electron chi connectivity index (χ4n) is 3.03. The molecule has 1 heterocycles. The van der Waals surface area contributed by atoms with E-state index in [1.54, 1.807) is 38.1 Å². The van der Waals surface area contributed by atoms with Crippen molar-refractivity contribution in [2.24, 2.45) is 0 Å². The number of amides is 3. The monoisotopic (exact) mass is 546 g/mol. The molecule has 10 heteroatoms. The van der Waals surface area contributed by atoms with Crippen LogP contribution in [0.2, 0.25) is 0 Å². The van der Waals surface area contributed by atoms with E-state index < -0.39 is 23.7 Å². The van der Waals surface area contributed by atoms with Crippen molar-refractivity contribution in [2.45, 2.75) is 26.9 Å². The highest BCUT2D eigenvalue weighted by atomic mass is 79.9. The summed E-state index contributed by atoms with van der Waals surface area (Å²) in [4.78, 5) is 50.2. The number of nitrogens with one attached hydrogen (secondary N) is 1. The lowest BCUT2D eigenvalue weighted by Gasteiger charge is -2.13. The number of nitrogens with zero attached hydrogens (tertiary/aromatic N) is 1. The Morgan fingerprint density at radius 3 is 2.65 bits per heavy atom. The summed E-state index contributed by atoms with van der Waals surface area (Å²) in [5.41, 5.74) is 2.17. The molecule has 3 amide bonds. The number of ether oxygens (including phenoxy) is 2. The second kappa shape index (κ2) is 11.3. The summed E-state index contributed by atoms with van der Waals surface area (Å²) in [5.74, 6) is -1.25. The first kappa shape index (κ1) is 25.5. The number of imide groups is 1. The van der Waals surface area contributed by atoms with E-state index in [4.69, 9.17) is 9.47 Å². The predicted molar refractivity (Wildman–Crippen MR) is 133 cm³/mol. The number of carbonyl (C=O) groups excluding carboxylic acids is 4. The molecule has 1 fully saturated rings. The largest absolute Gasteiger partial charge is 0.483 e. The fraction of sp³-hybridized carbons (Fsp3) is 0.250. The van der Waals surface area contributed by atoms with Gasteiger partial charge in [-0.05, 0) is 74.5 Å². The summed E-state index contributed by atoms with van der Waals surface area (Å²) in [6.07, 6.45) is 1.14. The molecule has 2 aromatic rings. The highest BCUT2D eigenvalue weighted by Crippen LogP contribution is 2.35. The Morgan fingerprint density at radius 2 is 1.94 bits per heavy atom. The van der Waals surface area contributed by atoms with Gasteiger partial charge >= 0.3 is 5.97 Å². The molecule has 2 aromatic carbocycles. The standard InChI is InChI=1S/C24H23BrN2O6S/c1-14(2)33-22(29)12-27-23(30)20(34-24(27)31)11-16-10-17(25)7-8-19(16)32-13-21(28)26-18-6-4-5-15(3)9-18/h4-11,14H,12-13H2,1-3H3,(H,26,28)/b20-11-. The molecule has 8 nitrogen and oxygen atoms in total. The molecule has 1 saturated heterocycles. The Balaban J connectivity index is 1.72. The number of anilines is 1. The van der Waals surface area contributed by atoms with Crippen molar-refractivity contribution < 1.29 is 28.7 Å². The van der Waals surface area contributed by atoms with Crippen molar-refractivity contribution in [1.82, 2.24) is 4.90 Å². The number of thioether (sulfide) groups is 1. The van der Waals surface area contributed by atoms with Crippen molar-refractivity contribution in [3.63, 3.8) is 0 Å². The smallest absolute Gasteiger partial charge is 0.326 e. The number of hydrogen-bond acceptors (Lipinski definition) is 7. The molecule has 0 atom stereocenters. The van der Waals surface area contributed by atoms with Gasteiger partial charge in [0.15, 0.2) is 6.61 Å². The quantitative estimate of drug-likeness (QED) is 0.376. The van der Waals surface area contributed by atoms with E-state index in [2.05, 4.69) is 21.2 Å². The van der Waals surface area contributed by atoms with Crippen LogP contribution in [0, 0.1) is 6.92 Å². The van der Waals surface area contributed by atoms with E-state index in [1.165, 1.54) is 6.08 Å². The van der Waals surface area contributed by atoms with Gasteiger partial charge in [-0.2, -0.15) is 0 Å². The van der Waals surface area contributed by atoms with Crippen LogP contribution in [-0.4, -0.2) is 47.2 Å². The summed E-state index contributed by atoms with van der Waals surface area (Å²) in [5, 5.41) is 2.20. The second-order valence-electron chi connectivity index (χ2n) is 7.69. The van der Waals surface area contributed by atoms with Gasteiger partial charge in [-0.1, -0.05) is 28.1 Å².